The molecular weight excluding hydrogens is 258 g/mol. The number of hydrogen-bond acceptors (Lipinski definition) is 4. The van der Waals surface area contributed by atoms with Gasteiger partial charge in [-0.15, -0.1) is 0 Å². The zero-order valence-electron chi connectivity index (χ0n) is 12.8. The first-order valence-electron chi connectivity index (χ1n) is 7.20. The summed E-state index contributed by atoms with van der Waals surface area (Å²) in [6.45, 7) is 8.07. The molecule has 3 N–H and O–H groups in total. The topological polar surface area (TPSA) is 86.9 Å². The Kier molecular flexibility index (Phi) is 5.95. The summed E-state index contributed by atoms with van der Waals surface area (Å²) in [5.74, 6) is -0.884. The summed E-state index contributed by atoms with van der Waals surface area (Å²) in [5.41, 5.74) is 5.49. The predicted molar refractivity (Wildman–Crippen MR) is 77.4 cm³/mol. The first-order chi connectivity index (χ1) is 9.20. The Morgan fingerprint density at radius 3 is 2.30 bits per heavy atom. The highest BCUT2D eigenvalue weighted by Gasteiger charge is 2.28. The number of amides is 1. The standard InChI is InChI=1S/C14H27N3O3/c1-14(2,3)17(9-6-13(19)20)12(18)10-16-7-4-11(15)5-8-16/h11H,4-10,15H2,1-3H3,(H,19,20). The van der Waals surface area contributed by atoms with Gasteiger partial charge in [-0.05, 0) is 33.6 Å². The molecule has 0 aromatic heterocycles. The Hall–Kier alpha value is -1.14. The van der Waals surface area contributed by atoms with E-state index in [1.165, 1.54) is 0 Å². The summed E-state index contributed by atoms with van der Waals surface area (Å²) in [7, 11) is 0. The van der Waals surface area contributed by atoms with Crippen molar-refractivity contribution in [3.8, 4) is 0 Å². The highest BCUT2D eigenvalue weighted by atomic mass is 16.4. The number of carboxylic acids is 1. The van der Waals surface area contributed by atoms with Gasteiger partial charge in [-0.3, -0.25) is 14.5 Å². The molecule has 0 aliphatic carbocycles. The first-order valence-corrected chi connectivity index (χ1v) is 7.20. The third-order valence-electron chi connectivity index (χ3n) is 3.65. The van der Waals surface area contributed by atoms with Crippen LogP contribution in [0.3, 0.4) is 0 Å². The number of aliphatic carboxylic acids is 1. The van der Waals surface area contributed by atoms with Crippen molar-refractivity contribution in [2.24, 2.45) is 5.73 Å². The summed E-state index contributed by atoms with van der Waals surface area (Å²) >= 11 is 0. The largest absolute Gasteiger partial charge is 0.481 e. The minimum Gasteiger partial charge on any atom is -0.481 e. The SMILES string of the molecule is CC(C)(C)N(CCC(=O)O)C(=O)CN1CCC(N)CC1. The predicted octanol–water partition coefficient (Wildman–Crippen LogP) is 0.511. The van der Waals surface area contributed by atoms with E-state index < -0.39 is 5.97 Å². The molecule has 0 aromatic carbocycles. The third kappa shape index (κ3) is 5.46. The quantitative estimate of drug-likeness (QED) is 0.768. The van der Waals surface area contributed by atoms with Crippen molar-refractivity contribution >= 4 is 11.9 Å². The number of carboxylic acid groups (broad SMARTS) is 1. The molecule has 0 radical (unpaired) electrons. The zero-order valence-corrected chi connectivity index (χ0v) is 12.8. The van der Waals surface area contributed by atoms with Crippen LogP contribution >= 0.6 is 0 Å². The fourth-order valence-corrected chi connectivity index (χ4v) is 2.43. The molecule has 0 atom stereocenters. The van der Waals surface area contributed by atoms with Crippen molar-refractivity contribution in [2.45, 2.75) is 51.6 Å². The Morgan fingerprint density at radius 1 is 1.30 bits per heavy atom. The van der Waals surface area contributed by atoms with Crippen LogP contribution in [-0.2, 0) is 9.59 Å². The Labute approximate surface area is 120 Å². The lowest BCUT2D eigenvalue weighted by Gasteiger charge is -2.38. The molecule has 1 saturated heterocycles. The van der Waals surface area contributed by atoms with Gasteiger partial charge in [0, 0.05) is 31.2 Å². The van der Waals surface area contributed by atoms with Crippen LogP contribution in [0.25, 0.3) is 0 Å². The van der Waals surface area contributed by atoms with Crippen molar-refractivity contribution in [1.29, 1.82) is 0 Å². The molecule has 1 heterocycles. The van der Waals surface area contributed by atoms with Crippen LogP contribution in [0.1, 0.15) is 40.0 Å². The van der Waals surface area contributed by atoms with Crippen LogP contribution in [0.15, 0.2) is 0 Å². The number of likely N-dealkylation sites (tertiary alicyclic amines) is 1. The molecule has 1 aliphatic rings. The van der Waals surface area contributed by atoms with Gasteiger partial charge < -0.3 is 15.7 Å². The number of carbonyl (C=O) groups is 2. The minimum absolute atomic E-state index is 0.00535. The minimum atomic E-state index is -0.879. The van der Waals surface area contributed by atoms with Gasteiger partial charge in [-0.1, -0.05) is 0 Å². The van der Waals surface area contributed by atoms with Crippen molar-refractivity contribution < 1.29 is 14.7 Å². The number of nitrogens with zero attached hydrogens (tertiary/aromatic N) is 2. The number of nitrogens with two attached hydrogens (primary N) is 1. The number of rotatable bonds is 5. The Bertz CT molecular complexity index is 344. The van der Waals surface area contributed by atoms with Gasteiger partial charge in [0.25, 0.3) is 0 Å². The van der Waals surface area contributed by atoms with E-state index in [2.05, 4.69) is 4.90 Å². The average molecular weight is 285 g/mol. The molecule has 6 nitrogen and oxygen atoms in total. The molecule has 20 heavy (non-hydrogen) atoms. The fourth-order valence-electron chi connectivity index (χ4n) is 2.43. The van der Waals surface area contributed by atoms with Gasteiger partial charge in [-0.2, -0.15) is 0 Å². The van der Waals surface area contributed by atoms with Gasteiger partial charge in [0.2, 0.25) is 5.91 Å². The monoisotopic (exact) mass is 285 g/mol. The van der Waals surface area contributed by atoms with E-state index >= 15 is 0 Å². The molecule has 1 rings (SSSR count). The summed E-state index contributed by atoms with van der Waals surface area (Å²) in [4.78, 5) is 26.9. The average Bonchev–Trinajstić information content (AvgIpc) is 2.30. The van der Waals surface area contributed by atoms with Crippen molar-refractivity contribution in [1.82, 2.24) is 9.80 Å². The van der Waals surface area contributed by atoms with Crippen LogP contribution in [0.5, 0.6) is 0 Å². The molecule has 6 heteroatoms. The summed E-state index contributed by atoms with van der Waals surface area (Å²) in [6.07, 6.45) is 1.81. The van der Waals surface area contributed by atoms with E-state index in [9.17, 15) is 9.59 Å². The van der Waals surface area contributed by atoms with Crippen LogP contribution in [0, 0.1) is 0 Å². The van der Waals surface area contributed by atoms with E-state index in [4.69, 9.17) is 10.8 Å². The molecule has 0 aromatic rings. The Balaban J connectivity index is 2.56. The fraction of sp³-hybridized carbons (Fsp3) is 0.857. The normalized spacial score (nSPS) is 18.0. The van der Waals surface area contributed by atoms with Gasteiger partial charge in [0.05, 0.1) is 13.0 Å². The smallest absolute Gasteiger partial charge is 0.305 e. The van der Waals surface area contributed by atoms with Crippen LogP contribution in [0.2, 0.25) is 0 Å². The van der Waals surface area contributed by atoms with E-state index in [0.29, 0.717) is 6.54 Å². The molecule has 0 bridgehead atoms. The second kappa shape index (κ2) is 7.04. The van der Waals surface area contributed by atoms with Crippen molar-refractivity contribution in [2.75, 3.05) is 26.2 Å². The lowest BCUT2D eigenvalue weighted by molar-refractivity contribution is -0.141. The summed E-state index contributed by atoms with van der Waals surface area (Å²) in [5, 5.41) is 8.80. The summed E-state index contributed by atoms with van der Waals surface area (Å²) in [6, 6.07) is 0.243. The number of hydrogen-bond donors (Lipinski definition) is 2. The van der Waals surface area contributed by atoms with Crippen LogP contribution in [-0.4, -0.2) is 64.5 Å². The Morgan fingerprint density at radius 2 is 1.85 bits per heavy atom. The van der Waals surface area contributed by atoms with Crippen LogP contribution in [0.4, 0.5) is 0 Å². The molecular formula is C14H27N3O3. The molecule has 0 unspecified atom stereocenters. The second-order valence-corrected chi connectivity index (χ2v) is 6.47. The third-order valence-corrected chi connectivity index (χ3v) is 3.65. The van der Waals surface area contributed by atoms with E-state index in [1.807, 2.05) is 20.8 Å². The number of piperidine rings is 1. The van der Waals surface area contributed by atoms with Crippen molar-refractivity contribution in [3.05, 3.63) is 0 Å². The maximum atomic E-state index is 12.4. The molecule has 1 amide bonds. The lowest BCUT2D eigenvalue weighted by Crippen LogP contribution is -2.52. The van der Waals surface area contributed by atoms with Gasteiger partial charge in [0.1, 0.15) is 0 Å². The second-order valence-electron chi connectivity index (χ2n) is 6.47. The molecule has 0 spiro atoms. The van der Waals surface area contributed by atoms with E-state index in [-0.39, 0.29) is 30.5 Å². The highest BCUT2D eigenvalue weighted by molar-refractivity contribution is 5.79. The molecule has 1 aliphatic heterocycles. The maximum absolute atomic E-state index is 12.4. The number of carbonyl (C=O) groups excluding carboxylic acids is 1. The van der Waals surface area contributed by atoms with Gasteiger partial charge in [-0.25, -0.2) is 0 Å². The molecule has 0 saturated carbocycles. The zero-order chi connectivity index (χ0) is 15.3. The van der Waals surface area contributed by atoms with Gasteiger partial charge >= 0.3 is 5.97 Å². The van der Waals surface area contributed by atoms with E-state index in [1.54, 1.807) is 4.90 Å². The van der Waals surface area contributed by atoms with Crippen LogP contribution < -0.4 is 5.73 Å². The molecule has 1 fully saturated rings. The van der Waals surface area contributed by atoms with Gasteiger partial charge in [0.15, 0.2) is 0 Å². The van der Waals surface area contributed by atoms with E-state index in [0.717, 1.165) is 25.9 Å². The maximum Gasteiger partial charge on any atom is 0.305 e. The lowest BCUT2D eigenvalue weighted by atomic mass is 10.0. The summed E-state index contributed by atoms with van der Waals surface area (Å²) < 4.78 is 0. The first kappa shape index (κ1) is 16.9. The highest BCUT2D eigenvalue weighted by Crippen LogP contribution is 2.16. The van der Waals surface area contributed by atoms with Crippen molar-refractivity contribution in [3.63, 3.8) is 0 Å². The molecule has 116 valence electrons.